The number of aliphatic hydroxyl groups excluding tert-OH is 1. The van der Waals surface area contributed by atoms with Crippen LogP contribution in [0, 0.1) is 10.8 Å². The lowest BCUT2D eigenvalue weighted by molar-refractivity contribution is -0.127. The second kappa shape index (κ2) is 14.9. The Morgan fingerprint density at radius 1 is 0.844 bits per heavy atom. The van der Waals surface area contributed by atoms with Crippen molar-refractivity contribution in [1.29, 1.82) is 0 Å². The maximum Gasteiger partial charge on any atom is 0.324 e. The lowest BCUT2D eigenvalue weighted by Gasteiger charge is -2.26. The molecule has 188 valence electrons. The smallest absolute Gasteiger partial charge is 0.324 e. The van der Waals surface area contributed by atoms with Crippen LogP contribution in [-0.2, 0) is 9.53 Å². The standard InChI is InChI=1S/C26H50N2O4/c1-6-22-23(30)28(24(31)27-22)18-17-26(4,5)16-10-13-21-32-20-12-9-15-25(2,3)14-8-7-11-19-29/h22,29H,6-21H2,1-5H3,(H,27,31). The summed E-state index contributed by atoms with van der Waals surface area (Å²) in [5, 5.41) is 11.6. The van der Waals surface area contributed by atoms with E-state index >= 15 is 0 Å². The lowest BCUT2D eigenvalue weighted by atomic mass is 9.82. The molecule has 0 aromatic carbocycles. The third-order valence-corrected chi connectivity index (χ3v) is 6.82. The van der Waals surface area contributed by atoms with Gasteiger partial charge in [0.25, 0.3) is 5.91 Å². The minimum absolute atomic E-state index is 0.0771. The summed E-state index contributed by atoms with van der Waals surface area (Å²) in [6.45, 7) is 13.5. The highest BCUT2D eigenvalue weighted by Gasteiger charge is 2.37. The van der Waals surface area contributed by atoms with Crippen molar-refractivity contribution >= 4 is 11.9 Å². The van der Waals surface area contributed by atoms with Crippen LogP contribution < -0.4 is 5.32 Å². The summed E-state index contributed by atoms with van der Waals surface area (Å²) in [5.41, 5.74) is 0.493. The lowest BCUT2D eigenvalue weighted by Crippen LogP contribution is -2.34. The quantitative estimate of drug-likeness (QED) is 0.195. The van der Waals surface area contributed by atoms with E-state index in [1.54, 1.807) is 0 Å². The van der Waals surface area contributed by atoms with Crippen molar-refractivity contribution in [1.82, 2.24) is 10.2 Å². The minimum Gasteiger partial charge on any atom is -0.396 e. The molecule has 1 heterocycles. The second-order valence-corrected chi connectivity index (χ2v) is 11.0. The third-order valence-electron chi connectivity index (χ3n) is 6.82. The van der Waals surface area contributed by atoms with Crippen LogP contribution in [0.5, 0.6) is 0 Å². The van der Waals surface area contributed by atoms with Crippen LogP contribution in [0.3, 0.4) is 0 Å². The van der Waals surface area contributed by atoms with Gasteiger partial charge in [-0.05, 0) is 62.2 Å². The van der Waals surface area contributed by atoms with E-state index in [4.69, 9.17) is 9.84 Å². The number of imide groups is 1. The van der Waals surface area contributed by atoms with E-state index < -0.39 is 0 Å². The van der Waals surface area contributed by atoms with E-state index in [1.807, 2.05) is 6.92 Å². The zero-order valence-electron chi connectivity index (χ0n) is 21.5. The van der Waals surface area contributed by atoms with Crippen LogP contribution in [0.25, 0.3) is 0 Å². The number of unbranched alkanes of at least 4 members (excludes halogenated alkanes) is 4. The number of urea groups is 1. The molecule has 3 amide bonds. The number of aliphatic hydroxyl groups is 1. The maximum atomic E-state index is 12.2. The Morgan fingerprint density at radius 3 is 1.88 bits per heavy atom. The molecule has 1 fully saturated rings. The predicted molar refractivity (Wildman–Crippen MR) is 131 cm³/mol. The Morgan fingerprint density at radius 2 is 1.38 bits per heavy atom. The van der Waals surface area contributed by atoms with E-state index in [9.17, 15) is 9.59 Å². The summed E-state index contributed by atoms with van der Waals surface area (Å²) >= 11 is 0. The van der Waals surface area contributed by atoms with Gasteiger partial charge in [0.1, 0.15) is 6.04 Å². The first-order chi connectivity index (χ1) is 15.1. The number of hydrogen-bond acceptors (Lipinski definition) is 4. The van der Waals surface area contributed by atoms with Gasteiger partial charge in [-0.2, -0.15) is 0 Å². The van der Waals surface area contributed by atoms with Crippen LogP contribution in [0.2, 0.25) is 0 Å². The van der Waals surface area contributed by atoms with Gasteiger partial charge in [0, 0.05) is 26.4 Å². The number of nitrogens with one attached hydrogen (secondary N) is 1. The molecule has 1 saturated heterocycles. The highest BCUT2D eigenvalue weighted by molar-refractivity contribution is 6.04. The highest BCUT2D eigenvalue weighted by atomic mass is 16.5. The molecule has 32 heavy (non-hydrogen) atoms. The van der Waals surface area contributed by atoms with Crippen molar-refractivity contribution in [3.8, 4) is 0 Å². The fourth-order valence-corrected chi connectivity index (χ4v) is 4.34. The summed E-state index contributed by atoms with van der Waals surface area (Å²) < 4.78 is 5.84. The van der Waals surface area contributed by atoms with Crippen LogP contribution >= 0.6 is 0 Å². The van der Waals surface area contributed by atoms with E-state index in [1.165, 1.54) is 30.6 Å². The summed E-state index contributed by atoms with van der Waals surface area (Å²) in [6, 6.07) is -0.582. The number of rotatable bonds is 19. The van der Waals surface area contributed by atoms with Gasteiger partial charge in [-0.1, -0.05) is 60.3 Å². The molecule has 1 aliphatic heterocycles. The Balaban J connectivity index is 2.05. The molecule has 0 aromatic rings. The summed E-state index contributed by atoms with van der Waals surface area (Å²) in [5.74, 6) is -0.0771. The monoisotopic (exact) mass is 454 g/mol. The predicted octanol–water partition coefficient (Wildman–Crippen LogP) is 5.67. The van der Waals surface area contributed by atoms with Gasteiger partial charge in [-0.3, -0.25) is 9.69 Å². The van der Waals surface area contributed by atoms with Crippen LogP contribution in [0.4, 0.5) is 4.79 Å². The van der Waals surface area contributed by atoms with Crippen molar-refractivity contribution < 1.29 is 19.4 Å². The second-order valence-electron chi connectivity index (χ2n) is 11.0. The molecule has 1 atom stereocenters. The topological polar surface area (TPSA) is 78.9 Å². The van der Waals surface area contributed by atoms with Gasteiger partial charge in [0.15, 0.2) is 0 Å². The first kappa shape index (κ1) is 28.9. The molecule has 1 rings (SSSR count). The molecule has 1 aliphatic rings. The highest BCUT2D eigenvalue weighted by Crippen LogP contribution is 2.30. The molecule has 1 unspecified atom stereocenters. The maximum absolute atomic E-state index is 12.2. The molecule has 0 aromatic heterocycles. The first-order valence-corrected chi connectivity index (χ1v) is 12.9. The third kappa shape index (κ3) is 11.6. The molecule has 0 bridgehead atoms. The van der Waals surface area contributed by atoms with Gasteiger partial charge < -0.3 is 15.2 Å². The van der Waals surface area contributed by atoms with E-state index in [-0.39, 0.29) is 23.4 Å². The normalized spacial score (nSPS) is 17.3. The van der Waals surface area contributed by atoms with E-state index in [0.717, 1.165) is 58.2 Å². The zero-order chi connectivity index (χ0) is 24.0. The largest absolute Gasteiger partial charge is 0.396 e. The number of hydrogen-bond donors (Lipinski definition) is 2. The fraction of sp³-hybridized carbons (Fsp3) is 0.923. The Hall–Kier alpha value is -1.14. The van der Waals surface area contributed by atoms with Crippen molar-refractivity contribution in [2.75, 3.05) is 26.4 Å². The number of carbonyl (C=O) groups is 2. The fourth-order valence-electron chi connectivity index (χ4n) is 4.34. The number of amides is 3. The SMILES string of the molecule is CCC1NC(=O)N(CCC(C)(C)CCCCOCCCCC(C)(C)CCCCCO)C1=O. The molecule has 0 radical (unpaired) electrons. The van der Waals surface area contributed by atoms with Gasteiger partial charge in [-0.15, -0.1) is 0 Å². The Labute approximate surface area is 196 Å². The van der Waals surface area contributed by atoms with Crippen LogP contribution in [0.15, 0.2) is 0 Å². The molecule has 0 aliphatic carbocycles. The number of ether oxygens (including phenoxy) is 1. The molecule has 2 N–H and O–H groups in total. The molecule has 0 spiro atoms. The van der Waals surface area contributed by atoms with E-state index in [0.29, 0.717) is 25.0 Å². The Kier molecular flexibility index (Phi) is 13.4. The number of nitrogens with zero attached hydrogens (tertiary/aromatic N) is 1. The van der Waals surface area contributed by atoms with Crippen LogP contribution in [-0.4, -0.2) is 54.4 Å². The number of carbonyl (C=O) groups excluding carboxylic acids is 2. The van der Waals surface area contributed by atoms with Gasteiger partial charge in [0.05, 0.1) is 0 Å². The zero-order valence-corrected chi connectivity index (χ0v) is 21.5. The first-order valence-electron chi connectivity index (χ1n) is 12.9. The van der Waals surface area contributed by atoms with Crippen LogP contribution in [0.1, 0.15) is 112 Å². The van der Waals surface area contributed by atoms with Gasteiger partial charge in [-0.25, -0.2) is 4.79 Å². The minimum atomic E-state index is -0.342. The molecule has 0 saturated carbocycles. The van der Waals surface area contributed by atoms with Crippen molar-refractivity contribution in [2.45, 2.75) is 118 Å². The molecule has 6 nitrogen and oxygen atoms in total. The van der Waals surface area contributed by atoms with Gasteiger partial charge >= 0.3 is 6.03 Å². The average molecular weight is 455 g/mol. The van der Waals surface area contributed by atoms with Crippen molar-refractivity contribution in [3.05, 3.63) is 0 Å². The summed E-state index contributed by atoms with van der Waals surface area (Å²) in [4.78, 5) is 25.6. The Bertz CT molecular complexity index is 548. The summed E-state index contributed by atoms with van der Waals surface area (Å²) in [6.07, 6.45) is 12.8. The summed E-state index contributed by atoms with van der Waals surface area (Å²) in [7, 11) is 0. The molecule has 6 heteroatoms. The molecular weight excluding hydrogens is 404 g/mol. The van der Waals surface area contributed by atoms with E-state index in [2.05, 4.69) is 33.0 Å². The average Bonchev–Trinajstić information content (AvgIpc) is 3.01. The van der Waals surface area contributed by atoms with Gasteiger partial charge in [0.2, 0.25) is 0 Å². The van der Waals surface area contributed by atoms with Crippen molar-refractivity contribution in [3.63, 3.8) is 0 Å². The molecular formula is C26H50N2O4. The van der Waals surface area contributed by atoms with Crippen molar-refractivity contribution in [2.24, 2.45) is 10.8 Å².